The summed E-state index contributed by atoms with van der Waals surface area (Å²) in [6.07, 6.45) is 0. The van der Waals surface area contributed by atoms with E-state index in [4.69, 9.17) is 4.74 Å². The van der Waals surface area contributed by atoms with E-state index in [9.17, 15) is 14.4 Å². The van der Waals surface area contributed by atoms with E-state index in [-0.39, 0.29) is 24.7 Å². The van der Waals surface area contributed by atoms with Gasteiger partial charge in [0.1, 0.15) is 12.5 Å². The minimum atomic E-state index is -0.495. The topological polar surface area (TPSA) is 65.4 Å². The molecule has 24 heavy (non-hydrogen) atoms. The van der Waals surface area contributed by atoms with Crippen LogP contribution in [0, 0.1) is 5.82 Å². The van der Waals surface area contributed by atoms with Gasteiger partial charge in [-0.25, -0.2) is 4.39 Å². The number of ether oxygens (including phenoxy) is 1. The number of amides is 1. The van der Waals surface area contributed by atoms with E-state index in [2.05, 4.69) is 5.16 Å². The molecule has 124 valence electrons. The number of anilines is 3. The molecule has 0 bridgehead atoms. The third-order valence-corrected chi connectivity index (χ3v) is 3.79. The lowest BCUT2D eigenvalue weighted by Crippen LogP contribution is -2.39. The Morgan fingerprint density at radius 2 is 1.75 bits per heavy atom. The van der Waals surface area contributed by atoms with Crippen molar-refractivity contribution in [1.29, 1.82) is 0 Å². The second-order valence-corrected chi connectivity index (χ2v) is 5.22. The smallest absolute Gasteiger partial charge is 0.279 e. The van der Waals surface area contributed by atoms with Gasteiger partial charge in [-0.3, -0.25) is 9.69 Å². The van der Waals surface area contributed by atoms with Crippen LogP contribution in [-0.4, -0.2) is 37.2 Å². The van der Waals surface area contributed by atoms with Crippen molar-refractivity contribution in [3.8, 4) is 0 Å². The normalized spacial score (nSPS) is 16.2. The zero-order valence-electron chi connectivity index (χ0n) is 13.0. The van der Waals surface area contributed by atoms with Gasteiger partial charge in [0, 0.05) is 7.11 Å². The number of hydrogen-bond acceptors (Lipinski definition) is 5. The maximum atomic E-state index is 14.3. The molecule has 1 aliphatic heterocycles. The number of oxime groups is 1. The second-order valence-electron chi connectivity index (χ2n) is 5.22. The van der Waals surface area contributed by atoms with Crippen LogP contribution < -0.4 is 9.80 Å². The van der Waals surface area contributed by atoms with Crippen molar-refractivity contribution < 1.29 is 19.1 Å². The Bertz CT molecular complexity index is 794. The van der Waals surface area contributed by atoms with Gasteiger partial charge in [0.2, 0.25) is 0 Å². The summed E-state index contributed by atoms with van der Waals surface area (Å²) >= 11 is 0. The zero-order valence-corrected chi connectivity index (χ0v) is 13.0. The zero-order chi connectivity index (χ0) is 17.1. The summed E-state index contributed by atoms with van der Waals surface area (Å²) < 4.78 is 19.4. The summed E-state index contributed by atoms with van der Waals surface area (Å²) in [4.78, 5) is 15.6. The molecule has 1 amide bonds. The maximum absolute atomic E-state index is 14.3. The number of carbonyl (C=O) groups excluding carboxylic acids is 1. The van der Waals surface area contributed by atoms with E-state index in [1.165, 1.54) is 18.1 Å². The standard InChI is InChI=1S/C17H16FN3O3/c1-24-11-21-16-9-5-4-8-15(16)20(10-13(19-23)17(21)22)14-7-3-2-6-12(14)18/h2-9,23H,10-11H2,1H3. The van der Waals surface area contributed by atoms with Crippen molar-refractivity contribution >= 4 is 28.7 Å². The SMILES string of the molecule is COCN1C(=O)C(=NO)CN(c2ccccc2F)c2ccccc21. The number of carbonyl (C=O) groups is 1. The molecule has 0 atom stereocenters. The quantitative estimate of drug-likeness (QED) is 0.695. The number of methoxy groups -OCH3 is 1. The lowest BCUT2D eigenvalue weighted by Gasteiger charge is -2.26. The number of benzene rings is 2. The van der Waals surface area contributed by atoms with Crippen LogP contribution >= 0.6 is 0 Å². The fraction of sp³-hybridized carbons (Fsp3) is 0.176. The highest BCUT2D eigenvalue weighted by Gasteiger charge is 2.32. The molecule has 0 unspecified atom stereocenters. The monoisotopic (exact) mass is 329 g/mol. The molecule has 1 heterocycles. The van der Waals surface area contributed by atoms with E-state index >= 15 is 0 Å². The molecule has 0 aromatic heterocycles. The third kappa shape index (κ3) is 2.69. The first-order valence-electron chi connectivity index (χ1n) is 7.30. The number of hydrogen-bond donors (Lipinski definition) is 1. The first-order chi connectivity index (χ1) is 11.7. The van der Waals surface area contributed by atoms with E-state index in [0.29, 0.717) is 11.4 Å². The average Bonchev–Trinajstić information content (AvgIpc) is 2.72. The van der Waals surface area contributed by atoms with Crippen LogP contribution in [0.5, 0.6) is 0 Å². The van der Waals surface area contributed by atoms with E-state index in [1.54, 1.807) is 47.4 Å². The molecule has 0 saturated carbocycles. The number of rotatable bonds is 3. The van der Waals surface area contributed by atoms with E-state index in [0.717, 1.165) is 0 Å². The minimum Gasteiger partial charge on any atom is -0.410 e. The lowest BCUT2D eigenvalue weighted by atomic mass is 10.2. The maximum Gasteiger partial charge on any atom is 0.279 e. The summed E-state index contributed by atoms with van der Waals surface area (Å²) in [5.74, 6) is -0.928. The van der Waals surface area contributed by atoms with E-state index in [1.807, 2.05) is 0 Å². The second kappa shape index (κ2) is 6.67. The third-order valence-electron chi connectivity index (χ3n) is 3.79. The predicted octanol–water partition coefficient (Wildman–Crippen LogP) is 2.74. The molecule has 1 N–H and O–H groups in total. The fourth-order valence-electron chi connectivity index (χ4n) is 2.71. The van der Waals surface area contributed by atoms with Crippen LogP contribution in [0.1, 0.15) is 0 Å². The molecule has 0 radical (unpaired) electrons. The molecule has 0 aliphatic carbocycles. The molecule has 3 rings (SSSR count). The van der Waals surface area contributed by atoms with Gasteiger partial charge in [-0.05, 0) is 24.3 Å². The van der Waals surface area contributed by atoms with Crippen LogP contribution in [0.15, 0.2) is 53.7 Å². The van der Waals surface area contributed by atoms with Crippen molar-refractivity contribution in [2.75, 3.05) is 30.2 Å². The molecule has 7 heteroatoms. The summed E-state index contributed by atoms with van der Waals surface area (Å²) in [6.45, 7) is -0.0759. The highest BCUT2D eigenvalue weighted by atomic mass is 19.1. The van der Waals surface area contributed by atoms with Gasteiger partial charge in [-0.15, -0.1) is 0 Å². The van der Waals surface area contributed by atoms with Crippen molar-refractivity contribution in [2.45, 2.75) is 0 Å². The highest BCUT2D eigenvalue weighted by Crippen LogP contribution is 2.37. The molecule has 0 fully saturated rings. The van der Waals surface area contributed by atoms with Gasteiger partial charge in [0.25, 0.3) is 5.91 Å². The summed E-state index contributed by atoms with van der Waals surface area (Å²) in [5, 5.41) is 12.4. The Hall–Kier alpha value is -2.93. The summed E-state index contributed by atoms with van der Waals surface area (Å²) in [7, 11) is 1.46. The van der Waals surface area contributed by atoms with Crippen LogP contribution in [0.3, 0.4) is 0 Å². The highest BCUT2D eigenvalue weighted by molar-refractivity contribution is 6.45. The van der Waals surface area contributed by atoms with Crippen LogP contribution in [0.2, 0.25) is 0 Å². The van der Waals surface area contributed by atoms with Crippen molar-refractivity contribution in [3.63, 3.8) is 0 Å². The molecule has 2 aromatic rings. The first kappa shape index (κ1) is 15.9. The number of para-hydroxylation sites is 3. The number of halogens is 1. The summed E-state index contributed by atoms with van der Waals surface area (Å²) in [5.41, 5.74) is 1.35. The van der Waals surface area contributed by atoms with E-state index < -0.39 is 11.7 Å². The Kier molecular flexibility index (Phi) is 4.43. The van der Waals surface area contributed by atoms with Gasteiger partial charge in [0.05, 0.1) is 23.6 Å². The lowest BCUT2D eigenvalue weighted by molar-refractivity contribution is -0.113. The van der Waals surface area contributed by atoms with Gasteiger partial charge in [-0.1, -0.05) is 29.4 Å². The molecule has 2 aromatic carbocycles. The van der Waals surface area contributed by atoms with Crippen molar-refractivity contribution in [2.24, 2.45) is 5.16 Å². The molecular weight excluding hydrogens is 313 g/mol. The molecular formula is C17H16FN3O3. The largest absolute Gasteiger partial charge is 0.410 e. The van der Waals surface area contributed by atoms with Crippen LogP contribution in [-0.2, 0) is 9.53 Å². The Morgan fingerprint density at radius 1 is 1.12 bits per heavy atom. The van der Waals surface area contributed by atoms with Crippen molar-refractivity contribution in [1.82, 2.24) is 0 Å². The summed E-state index contributed by atoms with van der Waals surface area (Å²) in [6, 6.07) is 13.3. The van der Waals surface area contributed by atoms with Crippen molar-refractivity contribution in [3.05, 3.63) is 54.3 Å². The van der Waals surface area contributed by atoms with Gasteiger partial charge in [0.15, 0.2) is 5.71 Å². The predicted molar refractivity (Wildman–Crippen MR) is 88.4 cm³/mol. The Labute approximate surface area is 138 Å². The Balaban J connectivity index is 2.21. The number of fused-ring (bicyclic) bond motifs is 1. The minimum absolute atomic E-state index is 0.0139. The fourth-order valence-corrected chi connectivity index (χ4v) is 2.71. The van der Waals surface area contributed by atoms with Gasteiger partial charge < -0.3 is 14.8 Å². The van der Waals surface area contributed by atoms with Gasteiger partial charge >= 0.3 is 0 Å². The average molecular weight is 329 g/mol. The molecule has 0 spiro atoms. The Morgan fingerprint density at radius 3 is 2.38 bits per heavy atom. The van der Waals surface area contributed by atoms with Crippen LogP contribution in [0.4, 0.5) is 21.5 Å². The van der Waals surface area contributed by atoms with Gasteiger partial charge in [-0.2, -0.15) is 0 Å². The molecule has 1 aliphatic rings. The number of nitrogens with zero attached hydrogens (tertiary/aromatic N) is 3. The first-order valence-corrected chi connectivity index (χ1v) is 7.30. The molecule has 0 saturated heterocycles. The molecule has 6 nitrogen and oxygen atoms in total. The van der Waals surface area contributed by atoms with Crippen LogP contribution in [0.25, 0.3) is 0 Å².